The molecule has 8 nitrogen and oxygen atoms in total. The Hall–Kier alpha value is -2.78. The average molecular weight is 428 g/mol. The summed E-state index contributed by atoms with van der Waals surface area (Å²) in [6, 6.07) is 5.63. The van der Waals surface area contributed by atoms with Crippen molar-refractivity contribution in [2.75, 3.05) is 18.0 Å². The Morgan fingerprint density at radius 1 is 1.27 bits per heavy atom. The lowest BCUT2D eigenvalue weighted by Gasteiger charge is -2.35. The molecule has 0 aromatic carbocycles. The van der Waals surface area contributed by atoms with Crippen LogP contribution in [0.1, 0.15) is 41.5 Å². The van der Waals surface area contributed by atoms with Crippen LogP contribution in [0.3, 0.4) is 0 Å². The Morgan fingerprint density at radius 3 is 2.67 bits per heavy atom. The van der Waals surface area contributed by atoms with Crippen LogP contribution in [0.4, 0.5) is 5.13 Å². The zero-order chi connectivity index (χ0) is 21.3. The first-order valence-electron chi connectivity index (χ1n) is 9.93. The number of amides is 1. The number of hydrogen-bond acceptors (Lipinski definition) is 8. The van der Waals surface area contributed by atoms with E-state index in [9.17, 15) is 4.79 Å². The first-order valence-corrected chi connectivity index (χ1v) is 10.8. The van der Waals surface area contributed by atoms with Gasteiger partial charge in [-0.3, -0.25) is 9.78 Å². The highest BCUT2D eigenvalue weighted by atomic mass is 32.1. The van der Waals surface area contributed by atoms with Gasteiger partial charge in [-0.15, -0.1) is 0 Å². The molecule has 0 unspecified atom stereocenters. The largest absolute Gasteiger partial charge is 0.372 e. The van der Waals surface area contributed by atoms with Gasteiger partial charge in [-0.2, -0.15) is 0 Å². The number of aryl methyl sites for hydroxylation is 2. The van der Waals surface area contributed by atoms with Gasteiger partial charge in [0.2, 0.25) is 0 Å². The number of thiazole rings is 1. The predicted octanol–water partition coefficient (Wildman–Crippen LogP) is 3.35. The molecule has 3 aromatic heterocycles. The van der Waals surface area contributed by atoms with Gasteiger partial charge in [0, 0.05) is 36.6 Å². The average Bonchev–Trinajstić information content (AvgIpc) is 3.32. The number of aromatic nitrogens is 3. The van der Waals surface area contributed by atoms with E-state index in [0.717, 1.165) is 40.0 Å². The molecule has 0 aliphatic carbocycles. The molecule has 0 bridgehead atoms. The number of ether oxygens (including phenoxy) is 1. The van der Waals surface area contributed by atoms with Crippen LogP contribution < -0.4 is 10.2 Å². The number of carbonyl (C=O) groups is 1. The topological polar surface area (TPSA) is 93.4 Å². The smallest absolute Gasteiger partial charge is 0.273 e. The van der Waals surface area contributed by atoms with Crippen molar-refractivity contribution in [1.82, 2.24) is 20.4 Å². The zero-order valence-electron chi connectivity index (χ0n) is 17.5. The van der Waals surface area contributed by atoms with E-state index < -0.39 is 0 Å². The molecule has 0 radical (unpaired) electrons. The third-order valence-electron chi connectivity index (χ3n) is 4.83. The van der Waals surface area contributed by atoms with Crippen molar-refractivity contribution in [3.8, 4) is 10.4 Å². The van der Waals surface area contributed by atoms with Crippen molar-refractivity contribution in [3.05, 3.63) is 47.2 Å². The highest BCUT2D eigenvalue weighted by Gasteiger charge is 2.26. The van der Waals surface area contributed by atoms with E-state index in [1.165, 1.54) is 0 Å². The highest BCUT2D eigenvalue weighted by Crippen LogP contribution is 2.36. The van der Waals surface area contributed by atoms with E-state index in [4.69, 9.17) is 14.2 Å². The summed E-state index contributed by atoms with van der Waals surface area (Å²) in [5.41, 5.74) is 3.01. The monoisotopic (exact) mass is 427 g/mol. The fourth-order valence-corrected chi connectivity index (χ4v) is 4.57. The minimum Gasteiger partial charge on any atom is -0.372 e. The SMILES string of the molecule is Cc1ccc(-c2sc(N3C[C@@H](C)O[C@@H](C)C3)nc2CNC(=O)c2cc(C)on2)cn1. The fraction of sp³-hybridized carbons (Fsp3) is 0.429. The molecular formula is C21H25N5O3S. The highest BCUT2D eigenvalue weighted by molar-refractivity contribution is 7.19. The van der Waals surface area contributed by atoms with Crippen molar-refractivity contribution in [3.63, 3.8) is 0 Å². The number of nitrogens with one attached hydrogen (secondary N) is 1. The zero-order valence-corrected chi connectivity index (χ0v) is 18.3. The Balaban J connectivity index is 1.60. The number of rotatable bonds is 5. The second kappa shape index (κ2) is 8.53. The number of morpholine rings is 1. The van der Waals surface area contributed by atoms with Crippen molar-refractivity contribution >= 4 is 22.4 Å². The molecule has 9 heteroatoms. The van der Waals surface area contributed by atoms with Crippen molar-refractivity contribution < 1.29 is 14.1 Å². The normalized spacial score (nSPS) is 19.1. The number of anilines is 1. The molecule has 1 aliphatic heterocycles. The lowest BCUT2D eigenvalue weighted by molar-refractivity contribution is -0.00523. The number of pyridine rings is 1. The summed E-state index contributed by atoms with van der Waals surface area (Å²) in [7, 11) is 0. The van der Waals surface area contributed by atoms with Gasteiger partial charge in [-0.05, 0) is 33.8 Å². The van der Waals surface area contributed by atoms with Crippen LogP contribution in [-0.2, 0) is 11.3 Å². The van der Waals surface area contributed by atoms with Crippen LogP contribution in [0.25, 0.3) is 10.4 Å². The van der Waals surface area contributed by atoms with Crippen molar-refractivity contribution in [2.45, 2.75) is 46.4 Å². The molecule has 158 valence electrons. The summed E-state index contributed by atoms with van der Waals surface area (Å²) in [5, 5.41) is 7.60. The van der Waals surface area contributed by atoms with E-state index in [-0.39, 0.29) is 23.8 Å². The predicted molar refractivity (Wildman–Crippen MR) is 115 cm³/mol. The van der Waals surface area contributed by atoms with Gasteiger partial charge in [-0.25, -0.2) is 4.98 Å². The summed E-state index contributed by atoms with van der Waals surface area (Å²) in [5.74, 6) is 0.307. The fourth-order valence-electron chi connectivity index (χ4n) is 3.48. The molecule has 0 saturated carbocycles. The van der Waals surface area contributed by atoms with Gasteiger partial charge in [0.25, 0.3) is 5.91 Å². The van der Waals surface area contributed by atoms with Crippen LogP contribution in [0.2, 0.25) is 0 Å². The number of carbonyl (C=O) groups excluding carboxylic acids is 1. The number of nitrogens with zero attached hydrogens (tertiary/aromatic N) is 4. The van der Waals surface area contributed by atoms with Gasteiger partial charge >= 0.3 is 0 Å². The standard InChI is InChI=1S/C21H25N5O3S/c1-12-5-6-16(8-22-12)19-18(9-23-20(27)17-7-13(2)29-25-17)24-21(30-19)26-10-14(3)28-15(4)11-26/h5-8,14-15H,9-11H2,1-4H3,(H,23,27)/t14-,15+. The van der Waals surface area contributed by atoms with E-state index in [0.29, 0.717) is 12.3 Å². The Kier molecular flexibility index (Phi) is 5.83. The van der Waals surface area contributed by atoms with Gasteiger partial charge < -0.3 is 19.5 Å². The summed E-state index contributed by atoms with van der Waals surface area (Å²) >= 11 is 1.61. The van der Waals surface area contributed by atoms with E-state index in [2.05, 4.69) is 34.2 Å². The lowest BCUT2D eigenvalue weighted by atomic mass is 10.2. The summed E-state index contributed by atoms with van der Waals surface area (Å²) in [4.78, 5) is 25.0. The lowest BCUT2D eigenvalue weighted by Crippen LogP contribution is -2.45. The molecule has 1 fully saturated rings. The minimum absolute atomic E-state index is 0.140. The number of hydrogen-bond donors (Lipinski definition) is 1. The quantitative estimate of drug-likeness (QED) is 0.667. The second-order valence-electron chi connectivity index (χ2n) is 7.63. The van der Waals surface area contributed by atoms with Crippen LogP contribution in [-0.4, -0.2) is 46.3 Å². The second-order valence-corrected chi connectivity index (χ2v) is 8.61. The van der Waals surface area contributed by atoms with Crippen molar-refractivity contribution in [2.24, 2.45) is 0 Å². The molecule has 30 heavy (non-hydrogen) atoms. The third-order valence-corrected chi connectivity index (χ3v) is 6.03. The van der Waals surface area contributed by atoms with Crippen LogP contribution in [0.15, 0.2) is 28.9 Å². The maximum absolute atomic E-state index is 12.4. The Bertz CT molecular complexity index is 1020. The Morgan fingerprint density at radius 2 is 2.03 bits per heavy atom. The molecule has 4 rings (SSSR count). The summed E-state index contributed by atoms with van der Waals surface area (Å²) in [6.45, 7) is 9.72. The maximum atomic E-state index is 12.4. The molecule has 1 N–H and O–H groups in total. The van der Waals surface area contributed by atoms with E-state index in [1.807, 2.05) is 25.3 Å². The summed E-state index contributed by atoms with van der Waals surface area (Å²) in [6.07, 6.45) is 2.13. The van der Waals surface area contributed by atoms with E-state index >= 15 is 0 Å². The minimum atomic E-state index is -0.289. The van der Waals surface area contributed by atoms with Gasteiger partial charge in [0.15, 0.2) is 10.8 Å². The molecule has 2 atom stereocenters. The van der Waals surface area contributed by atoms with Crippen molar-refractivity contribution in [1.29, 1.82) is 0 Å². The van der Waals surface area contributed by atoms with Gasteiger partial charge in [-0.1, -0.05) is 22.6 Å². The molecule has 1 amide bonds. The van der Waals surface area contributed by atoms with Crippen LogP contribution in [0, 0.1) is 13.8 Å². The maximum Gasteiger partial charge on any atom is 0.273 e. The van der Waals surface area contributed by atoms with Crippen LogP contribution >= 0.6 is 11.3 Å². The molecule has 1 aliphatic rings. The molecule has 1 saturated heterocycles. The van der Waals surface area contributed by atoms with Gasteiger partial charge in [0.1, 0.15) is 5.76 Å². The molecule has 4 heterocycles. The van der Waals surface area contributed by atoms with Gasteiger partial charge in [0.05, 0.1) is 29.3 Å². The first kappa shape index (κ1) is 20.5. The third kappa shape index (κ3) is 4.52. The molecule has 3 aromatic rings. The van der Waals surface area contributed by atoms with E-state index in [1.54, 1.807) is 24.3 Å². The Labute approximate surface area is 179 Å². The molecular weight excluding hydrogens is 402 g/mol. The first-order chi connectivity index (χ1) is 14.4. The molecule has 0 spiro atoms. The summed E-state index contributed by atoms with van der Waals surface area (Å²) < 4.78 is 10.8. The van der Waals surface area contributed by atoms with Crippen LogP contribution in [0.5, 0.6) is 0 Å².